The lowest BCUT2D eigenvalue weighted by atomic mass is 9.92. The summed E-state index contributed by atoms with van der Waals surface area (Å²) in [5.41, 5.74) is 5.58. The van der Waals surface area contributed by atoms with Crippen molar-refractivity contribution in [2.75, 3.05) is 6.61 Å². The van der Waals surface area contributed by atoms with Gasteiger partial charge in [0, 0.05) is 6.20 Å². The fourth-order valence-electron chi connectivity index (χ4n) is 1.91. The molecular weight excluding hydrogens is 176 g/mol. The summed E-state index contributed by atoms with van der Waals surface area (Å²) in [7, 11) is 0. The summed E-state index contributed by atoms with van der Waals surface area (Å²) in [5, 5.41) is 0. The van der Waals surface area contributed by atoms with Gasteiger partial charge in [0.25, 0.3) is 0 Å². The average molecular weight is 192 g/mol. The second-order valence-electron chi connectivity index (χ2n) is 3.54. The molecule has 1 atom stereocenters. The van der Waals surface area contributed by atoms with Gasteiger partial charge in [-0.05, 0) is 37.8 Å². The van der Waals surface area contributed by atoms with Crippen molar-refractivity contribution in [1.29, 1.82) is 0 Å². The molecule has 0 spiro atoms. The van der Waals surface area contributed by atoms with Gasteiger partial charge >= 0.3 is 0 Å². The Kier molecular flexibility index (Phi) is 3.11. The molecule has 0 bridgehead atoms. The zero-order chi connectivity index (χ0) is 9.80. The third-order valence-electron chi connectivity index (χ3n) is 2.57. The number of pyridine rings is 1. The fourth-order valence-corrected chi connectivity index (χ4v) is 1.91. The molecule has 76 valence electrons. The van der Waals surface area contributed by atoms with Gasteiger partial charge in [0.05, 0.1) is 18.3 Å². The van der Waals surface area contributed by atoms with E-state index in [1.165, 1.54) is 12.0 Å². The van der Waals surface area contributed by atoms with Gasteiger partial charge in [-0.2, -0.15) is 5.48 Å². The van der Waals surface area contributed by atoms with Crippen LogP contribution >= 0.6 is 0 Å². The predicted molar refractivity (Wildman–Crippen MR) is 54.7 cm³/mol. The Balaban J connectivity index is 2.14. The van der Waals surface area contributed by atoms with Crippen molar-refractivity contribution in [2.24, 2.45) is 0 Å². The monoisotopic (exact) mass is 192 g/mol. The molecule has 14 heavy (non-hydrogen) atoms. The van der Waals surface area contributed by atoms with Crippen LogP contribution in [0.15, 0.2) is 18.3 Å². The summed E-state index contributed by atoms with van der Waals surface area (Å²) >= 11 is 0. The van der Waals surface area contributed by atoms with Crippen LogP contribution in [0.2, 0.25) is 0 Å². The van der Waals surface area contributed by atoms with Crippen molar-refractivity contribution >= 4 is 0 Å². The van der Waals surface area contributed by atoms with Gasteiger partial charge in [0.2, 0.25) is 0 Å². The number of aromatic nitrogens is 1. The molecule has 1 aromatic heterocycles. The molecule has 3 nitrogen and oxygen atoms in total. The van der Waals surface area contributed by atoms with Gasteiger partial charge in [-0.15, -0.1) is 0 Å². The lowest BCUT2D eigenvalue weighted by Crippen LogP contribution is -2.26. The van der Waals surface area contributed by atoms with E-state index in [2.05, 4.69) is 16.5 Å². The Morgan fingerprint density at radius 3 is 3.43 bits per heavy atom. The Morgan fingerprint density at radius 1 is 1.64 bits per heavy atom. The summed E-state index contributed by atoms with van der Waals surface area (Å²) in [4.78, 5) is 9.65. The standard InChI is InChI=1S/C11H16N2O/c1-2-14-13-10-7-3-5-9-6-4-8-12-11(9)10/h4,6,8,10,13H,2-3,5,7H2,1H3. The van der Waals surface area contributed by atoms with Crippen molar-refractivity contribution in [3.8, 4) is 0 Å². The van der Waals surface area contributed by atoms with E-state index in [0.29, 0.717) is 6.61 Å². The quantitative estimate of drug-likeness (QED) is 0.744. The molecule has 0 fully saturated rings. The van der Waals surface area contributed by atoms with Crippen LogP contribution in [0.1, 0.15) is 37.1 Å². The van der Waals surface area contributed by atoms with E-state index in [1.807, 2.05) is 19.2 Å². The number of nitrogens with zero attached hydrogens (tertiary/aromatic N) is 1. The molecule has 0 radical (unpaired) electrons. The SMILES string of the molecule is CCONC1CCCc2cccnc21. The molecule has 0 saturated heterocycles. The van der Waals surface area contributed by atoms with Gasteiger partial charge in [-0.1, -0.05) is 6.07 Å². The van der Waals surface area contributed by atoms with Crippen LogP contribution in [0.5, 0.6) is 0 Å². The number of aryl methyl sites for hydroxylation is 1. The second-order valence-corrected chi connectivity index (χ2v) is 3.54. The van der Waals surface area contributed by atoms with E-state index < -0.39 is 0 Å². The summed E-state index contributed by atoms with van der Waals surface area (Å²) in [6, 6.07) is 4.43. The van der Waals surface area contributed by atoms with E-state index in [9.17, 15) is 0 Å². The minimum Gasteiger partial charge on any atom is -0.301 e. The van der Waals surface area contributed by atoms with Crippen molar-refractivity contribution in [3.05, 3.63) is 29.6 Å². The highest BCUT2D eigenvalue weighted by Gasteiger charge is 2.20. The Hall–Kier alpha value is -0.930. The minimum atomic E-state index is 0.278. The minimum absolute atomic E-state index is 0.278. The highest BCUT2D eigenvalue weighted by Crippen LogP contribution is 2.27. The molecule has 1 aliphatic carbocycles. The zero-order valence-electron chi connectivity index (χ0n) is 8.49. The number of hydrogen-bond donors (Lipinski definition) is 1. The summed E-state index contributed by atoms with van der Waals surface area (Å²) < 4.78 is 0. The Morgan fingerprint density at radius 2 is 2.57 bits per heavy atom. The lowest BCUT2D eigenvalue weighted by Gasteiger charge is -2.24. The molecule has 1 unspecified atom stereocenters. The summed E-state index contributed by atoms with van der Waals surface area (Å²) in [6.45, 7) is 2.67. The first-order chi connectivity index (χ1) is 6.92. The molecule has 0 amide bonds. The van der Waals surface area contributed by atoms with Crippen molar-refractivity contribution in [2.45, 2.75) is 32.2 Å². The molecular formula is C11H16N2O. The molecule has 0 aromatic carbocycles. The average Bonchev–Trinajstić information content (AvgIpc) is 2.26. The number of hydrogen-bond acceptors (Lipinski definition) is 3. The molecule has 0 aliphatic heterocycles. The van der Waals surface area contributed by atoms with Crippen LogP contribution in [0.4, 0.5) is 0 Å². The van der Waals surface area contributed by atoms with Crippen molar-refractivity contribution in [3.63, 3.8) is 0 Å². The van der Waals surface area contributed by atoms with Crippen LogP contribution in [-0.2, 0) is 11.3 Å². The van der Waals surface area contributed by atoms with Crippen LogP contribution in [0.25, 0.3) is 0 Å². The van der Waals surface area contributed by atoms with Crippen molar-refractivity contribution in [1.82, 2.24) is 10.5 Å². The Labute approximate surface area is 84.5 Å². The highest BCUT2D eigenvalue weighted by molar-refractivity contribution is 5.25. The second kappa shape index (κ2) is 4.53. The maximum Gasteiger partial charge on any atom is 0.0746 e. The van der Waals surface area contributed by atoms with Crippen LogP contribution in [0.3, 0.4) is 0 Å². The van der Waals surface area contributed by atoms with Crippen LogP contribution in [-0.4, -0.2) is 11.6 Å². The maximum atomic E-state index is 5.24. The van der Waals surface area contributed by atoms with Crippen LogP contribution < -0.4 is 5.48 Å². The van der Waals surface area contributed by atoms with E-state index in [0.717, 1.165) is 18.5 Å². The van der Waals surface area contributed by atoms with E-state index in [4.69, 9.17) is 4.84 Å². The van der Waals surface area contributed by atoms with Crippen LogP contribution in [0, 0.1) is 0 Å². The predicted octanol–water partition coefficient (Wildman–Crippen LogP) is 2.00. The molecule has 1 N–H and O–H groups in total. The number of rotatable bonds is 3. The number of fused-ring (bicyclic) bond motifs is 1. The maximum absolute atomic E-state index is 5.24. The summed E-state index contributed by atoms with van der Waals surface area (Å²) in [5.74, 6) is 0. The first-order valence-corrected chi connectivity index (χ1v) is 5.23. The molecule has 2 rings (SSSR count). The fraction of sp³-hybridized carbons (Fsp3) is 0.545. The number of nitrogens with one attached hydrogen (secondary N) is 1. The molecule has 0 saturated carbocycles. The van der Waals surface area contributed by atoms with Gasteiger partial charge in [-0.3, -0.25) is 4.98 Å². The van der Waals surface area contributed by atoms with Gasteiger partial charge in [0.1, 0.15) is 0 Å². The third kappa shape index (κ3) is 1.94. The highest BCUT2D eigenvalue weighted by atomic mass is 16.6. The van der Waals surface area contributed by atoms with E-state index in [-0.39, 0.29) is 6.04 Å². The molecule has 3 heteroatoms. The van der Waals surface area contributed by atoms with Gasteiger partial charge < -0.3 is 4.84 Å². The molecule has 1 aliphatic rings. The van der Waals surface area contributed by atoms with Gasteiger partial charge in [0.15, 0.2) is 0 Å². The molecule has 1 heterocycles. The summed E-state index contributed by atoms with van der Waals surface area (Å²) in [6.07, 6.45) is 5.33. The lowest BCUT2D eigenvalue weighted by molar-refractivity contribution is 0.0186. The van der Waals surface area contributed by atoms with E-state index in [1.54, 1.807) is 0 Å². The van der Waals surface area contributed by atoms with Crippen molar-refractivity contribution < 1.29 is 4.84 Å². The van der Waals surface area contributed by atoms with Gasteiger partial charge in [-0.25, -0.2) is 0 Å². The molecule has 1 aromatic rings. The normalized spacial score (nSPS) is 20.5. The Bertz CT molecular complexity index is 301. The van der Waals surface area contributed by atoms with E-state index >= 15 is 0 Å². The largest absolute Gasteiger partial charge is 0.301 e. The first kappa shape index (κ1) is 9.62. The smallest absolute Gasteiger partial charge is 0.0746 e. The first-order valence-electron chi connectivity index (χ1n) is 5.23. The zero-order valence-corrected chi connectivity index (χ0v) is 8.49. The topological polar surface area (TPSA) is 34.1 Å². The third-order valence-corrected chi connectivity index (χ3v) is 2.57. The number of hydroxylamine groups is 1.